The Bertz CT molecular complexity index is 1250. The Morgan fingerprint density at radius 2 is 1.97 bits per heavy atom. The Kier molecular flexibility index (Phi) is 4.84. The van der Waals surface area contributed by atoms with Crippen molar-refractivity contribution in [3.05, 3.63) is 64.8 Å². The Balaban J connectivity index is 1.39. The second kappa shape index (κ2) is 7.71. The van der Waals surface area contributed by atoms with E-state index in [2.05, 4.69) is 22.4 Å². The summed E-state index contributed by atoms with van der Waals surface area (Å²) in [6, 6.07) is 12.7. The number of carbonyl (C=O) groups is 3. The number of fused-ring (bicyclic) bond motifs is 4. The molecule has 1 atom stereocenters. The molecule has 0 aliphatic carbocycles. The number of aromatic nitrogens is 1. The fourth-order valence-corrected chi connectivity index (χ4v) is 4.71. The lowest BCUT2D eigenvalue weighted by atomic mass is 10.0. The molecule has 2 aromatic carbocycles. The number of anilines is 1. The molecule has 32 heavy (non-hydrogen) atoms. The third kappa shape index (κ3) is 3.47. The second-order valence-corrected chi connectivity index (χ2v) is 8.47. The van der Waals surface area contributed by atoms with Crippen molar-refractivity contribution in [1.82, 2.24) is 14.8 Å². The van der Waals surface area contributed by atoms with Gasteiger partial charge in [0.25, 0.3) is 5.91 Å². The number of hydrogen-bond donors (Lipinski definition) is 3. The van der Waals surface area contributed by atoms with E-state index in [4.69, 9.17) is 5.11 Å². The molecular weight excluding hydrogens is 408 g/mol. The van der Waals surface area contributed by atoms with Crippen LogP contribution in [0.15, 0.2) is 42.5 Å². The largest absolute Gasteiger partial charge is 0.481 e. The van der Waals surface area contributed by atoms with Gasteiger partial charge < -0.3 is 25.2 Å². The number of benzene rings is 2. The molecule has 3 heterocycles. The average Bonchev–Trinajstić information content (AvgIpc) is 3.10. The highest BCUT2D eigenvalue weighted by Crippen LogP contribution is 2.29. The van der Waals surface area contributed by atoms with Gasteiger partial charge in [-0.25, -0.2) is 0 Å². The number of carbonyl (C=O) groups excluding carboxylic acids is 2. The van der Waals surface area contributed by atoms with E-state index in [1.807, 2.05) is 17.0 Å². The minimum atomic E-state index is -1.04. The van der Waals surface area contributed by atoms with E-state index in [9.17, 15) is 14.4 Å². The second-order valence-electron chi connectivity index (χ2n) is 8.47. The number of para-hydroxylation sites is 1. The summed E-state index contributed by atoms with van der Waals surface area (Å²) in [6.45, 7) is 1.48. The molecule has 2 aliphatic heterocycles. The van der Waals surface area contributed by atoms with Gasteiger partial charge in [-0.1, -0.05) is 18.2 Å². The SMILES string of the molecule is CN1Cc2cc(C(=O)N3CCc4c([nH]c5ccccc45)C3)ccc2NC(CC(=O)O)C1=O. The number of rotatable bonds is 3. The molecule has 0 saturated carbocycles. The molecule has 5 rings (SSSR count). The molecule has 0 spiro atoms. The molecule has 8 heteroatoms. The Morgan fingerprint density at radius 1 is 1.16 bits per heavy atom. The maximum Gasteiger partial charge on any atom is 0.305 e. The maximum absolute atomic E-state index is 13.3. The van der Waals surface area contributed by atoms with Crippen molar-refractivity contribution in [2.75, 3.05) is 18.9 Å². The van der Waals surface area contributed by atoms with Crippen LogP contribution in [-0.4, -0.2) is 57.3 Å². The molecule has 1 aromatic heterocycles. The minimum Gasteiger partial charge on any atom is -0.481 e. The van der Waals surface area contributed by atoms with Gasteiger partial charge in [0.15, 0.2) is 0 Å². The third-order valence-electron chi connectivity index (χ3n) is 6.31. The van der Waals surface area contributed by atoms with Crippen molar-refractivity contribution in [3.63, 3.8) is 0 Å². The van der Waals surface area contributed by atoms with Crippen LogP contribution < -0.4 is 5.32 Å². The summed E-state index contributed by atoms with van der Waals surface area (Å²) < 4.78 is 0. The van der Waals surface area contributed by atoms with Crippen LogP contribution in [0.25, 0.3) is 10.9 Å². The fourth-order valence-electron chi connectivity index (χ4n) is 4.71. The first-order valence-corrected chi connectivity index (χ1v) is 10.6. The standard InChI is InChI=1S/C24H24N4O4/c1-27-12-15-10-14(6-7-18(15)25-20(24(27)32)11-22(29)30)23(31)28-9-8-17-16-4-2-3-5-19(16)26-21(17)13-28/h2-7,10,20,25-26H,8-9,11-13H2,1H3,(H,29,30). The van der Waals surface area contributed by atoms with Gasteiger partial charge >= 0.3 is 5.97 Å². The molecule has 164 valence electrons. The highest BCUT2D eigenvalue weighted by molar-refractivity contribution is 5.96. The van der Waals surface area contributed by atoms with Gasteiger partial charge in [0.1, 0.15) is 6.04 Å². The summed E-state index contributed by atoms with van der Waals surface area (Å²) in [5, 5.41) is 13.4. The van der Waals surface area contributed by atoms with Crippen LogP contribution in [-0.2, 0) is 29.1 Å². The Morgan fingerprint density at radius 3 is 2.78 bits per heavy atom. The molecule has 0 radical (unpaired) electrons. The zero-order valence-electron chi connectivity index (χ0n) is 17.7. The van der Waals surface area contributed by atoms with Gasteiger partial charge in [-0.3, -0.25) is 14.4 Å². The van der Waals surface area contributed by atoms with E-state index >= 15 is 0 Å². The summed E-state index contributed by atoms with van der Waals surface area (Å²) in [6.07, 6.45) is 0.496. The lowest BCUT2D eigenvalue weighted by Gasteiger charge is -2.27. The van der Waals surface area contributed by atoms with E-state index in [0.717, 1.165) is 23.2 Å². The monoisotopic (exact) mass is 432 g/mol. The average molecular weight is 432 g/mol. The summed E-state index contributed by atoms with van der Waals surface area (Å²) >= 11 is 0. The summed E-state index contributed by atoms with van der Waals surface area (Å²) in [5.41, 5.74) is 5.48. The van der Waals surface area contributed by atoms with E-state index in [1.165, 1.54) is 15.8 Å². The summed E-state index contributed by atoms with van der Waals surface area (Å²) in [4.78, 5) is 43.7. The maximum atomic E-state index is 13.3. The predicted molar refractivity (Wildman–Crippen MR) is 119 cm³/mol. The number of amides is 2. The van der Waals surface area contributed by atoms with Crippen molar-refractivity contribution in [2.45, 2.75) is 32.0 Å². The first-order chi connectivity index (χ1) is 15.4. The van der Waals surface area contributed by atoms with Gasteiger partial charge in [0, 0.05) is 48.0 Å². The van der Waals surface area contributed by atoms with Crippen LogP contribution in [0.4, 0.5) is 5.69 Å². The number of nitrogens with one attached hydrogen (secondary N) is 2. The number of hydrogen-bond acceptors (Lipinski definition) is 4. The van der Waals surface area contributed by atoms with Crippen LogP contribution in [0.1, 0.15) is 33.6 Å². The minimum absolute atomic E-state index is 0.0579. The highest BCUT2D eigenvalue weighted by Gasteiger charge is 2.30. The topological polar surface area (TPSA) is 106 Å². The summed E-state index contributed by atoms with van der Waals surface area (Å²) in [5.74, 6) is -1.38. The number of carboxylic acid groups (broad SMARTS) is 1. The Labute approximate surface area is 184 Å². The molecule has 8 nitrogen and oxygen atoms in total. The third-order valence-corrected chi connectivity index (χ3v) is 6.31. The number of H-pyrrole nitrogens is 1. The van der Waals surface area contributed by atoms with Gasteiger partial charge in [0.2, 0.25) is 5.91 Å². The zero-order chi connectivity index (χ0) is 22.4. The van der Waals surface area contributed by atoms with Crippen LogP contribution in [0.2, 0.25) is 0 Å². The van der Waals surface area contributed by atoms with Crippen molar-refractivity contribution in [1.29, 1.82) is 0 Å². The molecule has 3 N–H and O–H groups in total. The first-order valence-electron chi connectivity index (χ1n) is 10.6. The van der Waals surface area contributed by atoms with E-state index < -0.39 is 12.0 Å². The van der Waals surface area contributed by atoms with Crippen molar-refractivity contribution < 1.29 is 19.5 Å². The molecule has 3 aromatic rings. The zero-order valence-corrected chi connectivity index (χ0v) is 17.7. The molecule has 0 bridgehead atoms. The van der Waals surface area contributed by atoms with Crippen molar-refractivity contribution >= 4 is 34.4 Å². The van der Waals surface area contributed by atoms with E-state index in [1.54, 1.807) is 25.2 Å². The van der Waals surface area contributed by atoms with Crippen LogP contribution in [0.5, 0.6) is 0 Å². The van der Waals surface area contributed by atoms with E-state index in [-0.39, 0.29) is 18.2 Å². The lowest BCUT2D eigenvalue weighted by Crippen LogP contribution is -2.39. The lowest BCUT2D eigenvalue weighted by molar-refractivity contribution is -0.141. The van der Waals surface area contributed by atoms with Gasteiger partial charge in [-0.05, 0) is 41.8 Å². The number of aliphatic carboxylic acids is 1. The highest BCUT2D eigenvalue weighted by atomic mass is 16.4. The predicted octanol–water partition coefficient (Wildman–Crippen LogP) is 2.59. The van der Waals surface area contributed by atoms with Crippen LogP contribution in [0.3, 0.4) is 0 Å². The van der Waals surface area contributed by atoms with Crippen molar-refractivity contribution in [3.8, 4) is 0 Å². The van der Waals surface area contributed by atoms with Gasteiger partial charge in [-0.2, -0.15) is 0 Å². The number of aromatic amines is 1. The normalized spacial score (nSPS) is 18.0. The molecule has 2 aliphatic rings. The molecule has 0 fully saturated rings. The number of likely N-dealkylation sites (N-methyl/N-ethyl adjacent to an activating group) is 1. The summed E-state index contributed by atoms with van der Waals surface area (Å²) in [7, 11) is 1.64. The van der Waals surface area contributed by atoms with Gasteiger partial charge in [0.05, 0.1) is 13.0 Å². The smallest absolute Gasteiger partial charge is 0.305 e. The first kappa shape index (κ1) is 20.1. The molecule has 0 saturated heterocycles. The van der Waals surface area contributed by atoms with Crippen LogP contribution >= 0.6 is 0 Å². The molecule has 2 amide bonds. The van der Waals surface area contributed by atoms with E-state index in [0.29, 0.717) is 30.9 Å². The van der Waals surface area contributed by atoms with Crippen molar-refractivity contribution in [2.24, 2.45) is 0 Å². The Hall–Kier alpha value is -3.81. The van der Waals surface area contributed by atoms with Crippen LogP contribution in [0, 0.1) is 0 Å². The molecule has 1 unspecified atom stereocenters. The number of carboxylic acids is 1. The quantitative estimate of drug-likeness (QED) is 0.590. The van der Waals surface area contributed by atoms with Gasteiger partial charge in [-0.15, -0.1) is 0 Å². The number of nitrogens with zero attached hydrogens (tertiary/aromatic N) is 2. The fraction of sp³-hybridized carbons (Fsp3) is 0.292. The molecular formula is C24H24N4O4.